The Morgan fingerprint density at radius 1 is 1.29 bits per heavy atom. The predicted molar refractivity (Wildman–Crippen MR) is 68.8 cm³/mol. The second-order valence-corrected chi connectivity index (χ2v) is 5.57. The molecule has 2 heteroatoms. The fraction of sp³-hybridized carbons (Fsp3) is 0.600. The van der Waals surface area contributed by atoms with Crippen molar-refractivity contribution in [3.63, 3.8) is 0 Å². The van der Waals surface area contributed by atoms with Crippen LogP contribution in [-0.2, 0) is 11.3 Å². The second-order valence-electron chi connectivity index (χ2n) is 5.57. The molecule has 0 saturated carbocycles. The summed E-state index contributed by atoms with van der Waals surface area (Å²) >= 11 is 0. The van der Waals surface area contributed by atoms with Gasteiger partial charge in [0.15, 0.2) is 0 Å². The summed E-state index contributed by atoms with van der Waals surface area (Å²) in [7, 11) is 0. The van der Waals surface area contributed by atoms with E-state index in [4.69, 9.17) is 4.74 Å². The number of hydrogen-bond acceptors (Lipinski definition) is 2. The molecule has 17 heavy (non-hydrogen) atoms. The van der Waals surface area contributed by atoms with Crippen LogP contribution in [0.15, 0.2) is 30.3 Å². The van der Waals surface area contributed by atoms with E-state index in [-0.39, 0.29) is 5.60 Å². The molecule has 2 aliphatic rings. The molecule has 2 saturated heterocycles. The molecule has 0 aromatic heterocycles. The van der Waals surface area contributed by atoms with Gasteiger partial charge < -0.3 is 4.74 Å². The van der Waals surface area contributed by atoms with E-state index in [1.54, 1.807) is 0 Å². The summed E-state index contributed by atoms with van der Waals surface area (Å²) in [5.74, 6) is 0. The number of piperidine rings is 1. The molecule has 92 valence electrons. The van der Waals surface area contributed by atoms with Gasteiger partial charge in [0.2, 0.25) is 0 Å². The number of rotatable bonds is 3. The maximum atomic E-state index is 5.66. The second kappa shape index (κ2) is 4.43. The van der Waals surface area contributed by atoms with Gasteiger partial charge >= 0.3 is 0 Å². The topological polar surface area (TPSA) is 15.8 Å². The number of nitrogens with zero attached hydrogens (tertiary/aromatic N) is 1. The van der Waals surface area contributed by atoms with Gasteiger partial charge in [0.1, 0.15) is 5.60 Å². The molecule has 1 aromatic carbocycles. The van der Waals surface area contributed by atoms with Crippen molar-refractivity contribution in [3.05, 3.63) is 35.9 Å². The van der Waals surface area contributed by atoms with Crippen molar-refractivity contribution in [2.45, 2.75) is 44.4 Å². The lowest BCUT2D eigenvalue weighted by Crippen LogP contribution is -2.47. The average molecular weight is 231 g/mol. The van der Waals surface area contributed by atoms with Gasteiger partial charge in [0, 0.05) is 12.6 Å². The third-order valence-corrected chi connectivity index (χ3v) is 4.15. The van der Waals surface area contributed by atoms with Crippen LogP contribution in [-0.4, -0.2) is 29.7 Å². The standard InChI is InChI=1S/C15H21NO/c1-15(12-17-15)14-9-5-6-10-16(14)11-13-7-3-2-4-8-13/h2-4,7-8,14H,5-6,9-12H2,1H3. The summed E-state index contributed by atoms with van der Waals surface area (Å²) in [4.78, 5) is 2.62. The fourth-order valence-electron chi connectivity index (χ4n) is 3.00. The third kappa shape index (κ3) is 2.38. The number of hydrogen-bond donors (Lipinski definition) is 0. The molecule has 1 aromatic rings. The highest BCUT2D eigenvalue weighted by Gasteiger charge is 2.49. The van der Waals surface area contributed by atoms with Gasteiger partial charge in [-0.3, -0.25) is 4.90 Å². The quantitative estimate of drug-likeness (QED) is 0.743. The SMILES string of the molecule is CC1(C2CCCCN2Cc2ccccc2)CO1. The molecule has 0 aliphatic carbocycles. The lowest BCUT2D eigenvalue weighted by atomic mass is 9.91. The first-order valence-electron chi connectivity index (χ1n) is 6.70. The van der Waals surface area contributed by atoms with Gasteiger partial charge in [-0.25, -0.2) is 0 Å². The molecule has 0 N–H and O–H groups in total. The highest BCUT2D eigenvalue weighted by molar-refractivity contribution is 5.15. The maximum Gasteiger partial charge on any atom is 0.104 e. The minimum absolute atomic E-state index is 0.148. The van der Waals surface area contributed by atoms with E-state index >= 15 is 0 Å². The van der Waals surface area contributed by atoms with Crippen molar-refractivity contribution >= 4 is 0 Å². The molecule has 0 bridgehead atoms. The summed E-state index contributed by atoms with van der Waals surface area (Å²) in [5.41, 5.74) is 1.57. The van der Waals surface area contributed by atoms with Crippen LogP contribution >= 0.6 is 0 Å². The van der Waals surface area contributed by atoms with Gasteiger partial charge in [0.05, 0.1) is 6.61 Å². The molecule has 2 fully saturated rings. The monoisotopic (exact) mass is 231 g/mol. The third-order valence-electron chi connectivity index (χ3n) is 4.15. The molecule has 0 radical (unpaired) electrons. The van der Waals surface area contributed by atoms with Gasteiger partial charge in [0.25, 0.3) is 0 Å². The van der Waals surface area contributed by atoms with Gasteiger partial charge in [-0.15, -0.1) is 0 Å². The van der Waals surface area contributed by atoms with Crippen LogP contribution in [0.5, 0.6) is 0 Å². The first kappa shape index (κ1) is 11.2. The minimum Gasteiger partial charge on any atom is -0.368 e. The van der Waals surface area contributed by atoms with Crippen molar-refractivity contribution < 1.29 is 4.74 Å². The Morgan fingerprint density at radius 3 is 2.76 bits per heavy atom. The zero-order valence-corrected chi connectivity index (χ0v) is 10.6. The first-order chi connectivity index (χ1) is 8.28. The van der Waals surface area contributed by atoms with Gasteiger partial charge in [-0.2, -0.15) is 0 Å². The molecule has 2 heterocycles. The maximum absolute atomic E-state index is 5.66. The Balaban J connectivity index is 1.71. The van der Waals surface area contributed by atoms with Gasteiger partial charge in [-0.1, -0.05) is 36.8 Å². The van der Waals surface area contributed by atoms with Crippen LogP contribution in [0.25, 0.3) is 0 Å². The number of benzene rings is 1. The fourth-order valence-corrected chi connectivity index (χ4v) is 3.00. The average Bonchev–Trinajstić information content (AvgIpc) is 3.10. The Kier molecular flexibility index (Phi) is 2.93. The number of epoxide rings is 1. The van der Waals surface area contributed by atoms with E-state index < -0.39 is 0 Å². The molecule has 2 unspecified atom stereocenters. The highest BCUT2D eigenvalue weighted by Crippen LogP contribution is 2.38. The predicted octanol–water partition coefficient (Wildman–Crippen LogP) is 2.83. The van der Waals surface area contributed by atoms with Gasteiger partial charge in [-0.05, 0) is 31.9 Å². The zero-order valence-electron chi connectivity index (χ0n) is 10.6. The van der Waals surface area contributed by atoms with E-state index in [0.29, 0.717) is 6.04 Å². The summed E-state index contributed by atoms with van der Waals surface area (Å²) < 4.78 is 5.66. The van der Waals surface area contributed by atoms with Crippen LogP contribution in [0.4, 0.5) is 0 Å². The first-order valence-corrected chi connectivity index (χ1v) is 6.70. The number of likely N-dealkylation sites (tertiary alicyclic amines) is 1. The highest BCUT2D eigenvalue weighted by atomic mass is 16.6. The van der Waals surface area contributed by atoms with E-state index in [0.717, 1.165) is 13.2 Å². The van der Waals surface area contributed by atoms with E-state index in [9.17, 15) is 0 Å². The van der Waals surface area contributed by atoms with Crippen LogP contribution in [0.3, 0.4) is 0 Å². The van der Waals surface area contributed by atoms with Crippen molar-refractivity contribution in [3.8, 4) is 0 Å². The molecule has 2 atom stereocenters. The van der Waals surface area contributed by atoms with E-state index in [2.05, 4.69) is 42.2 Å². The van der Waals surface area contributed by atoms with E-state index in [1.807, 2.05) is 0 Å². The largest absolute Gasteiger partial charge is 0.368 e. The molecular weight excluding hydrogens is 210 g/mol. The van der Waals surface area contributed by atoms with Crippen molar-refractivity contribution in [2.75, 3.05) is 13.2 Å². The van der Waals surface area contributed by atoms with Crippen molar-refractivity contribution in [1.29, 1.82) is 0 Å². The number of ether oxygens (including phenoxy) is 1. The van der Waals surface area contributed by atoms with E-state index in [1.165, 1.54) is 31.4 Å². The van der Waals surface area contributed by atoms with Crippen LogP contribution in [0.2, 0.25) is 0 Å². The lowest BCUT2D eigenvalue weighted by molar-refractivity contribution is 0.0752. The molecule has 2 aliphatic heterocycles. The van der Waals surface area contributed by atoms with Crippen molar-refractivity contribution in [1.82, 2.24) is 4.90 Å². The van der Waals surface area contributed by atoms with Crippen LogP contribution in [0, 0.1) is 0 Å². The summed E-state index contributed by atoms with van der Waals surface area (Å²) in [6.45, 7) is 5.51. The molecule has 0 amide bonds. The molecular formula is C15H21NO. The molecule has 0 spiro atoms. The normalized spacial score (nSPS) is 33.6. The zero-order chi connectivity index (χ0) is 11.7. The Hall–Kier alpha value is -0.860. The summed E-state index contributed by atoms with van der Waals surface area (Å²) in [6.07, 6.45) is 3.98. The van der Waals surface area contributed by atoms with Crippen LogP contribution in [0.1, 0.15) is 31.7 Å². The Labute approximate surface area is 104 Å². The Bertz CT molecular complexity index is 372. The summed E-state index contributed by atoms with van der Waals surface area (Å²) in [6, 6.07) is 11.4. The lowest BCUT2D eigenvalue weighted by Gasteiger charge is -2.38. The van der Waals surface area contributed by atoms with Crippen LogP contribution < -0.4 is 0 Å². The molecule has 2 nitrogen and oxygen atoms in total. The van der Waals surface area contributed by atoms with Crippen molar-refractivity contribution in [2.24, 2.45) is 0 Å². The molecule has 3 rings (SSSR count). The minimum atomic E-state index is 0.148. The Morgan fingerprint density at radius 2 is 2.06 bits per heavy atom. The summed E-state index contributed by atoms with van der Waals surface area (Å²) in [5, 5.41) is 0. The smallest absolute Gasteiger partial charge is 0.104 e.